The first-order chi connectivity index (χ1) is 9.46. The van der Waals surface area contributed by atoms with Gasteiger partial charge in [-0.3, -0.25) is 10.1 Å². The molecular formula is C13H15FN2O4. The molecule has 0 amide bonds. The zero-order valence-electron chi connectivity index (χ0n) is 10.8. The number of nitrogens with zero attached hydrogens (tertiary/aromatic N) is 1. The molecule has 0 unspecified atom stereocenters. The maximum absolute atomic E-state index is 13.6. The Morgan fingerprint density at radius 1 is 1.35 bits per heavy atom. The molecule has 1 fully saturated rings. The molecule has 0 heterocycles. The lowest BCUT2D eigenvalue weighted by Crippen LogP contribution is -2.48. The Hall–Kier alpha value is -2.18. The van der Waals surface area contributed by atoms with E-state index in [-0.39, 0.29) is 5.69 Å². The minimum Gasteiger partial charge on any atom is -0.480 e. The highest BCUT2D eigenvalue weighted by Gasteiger charge is 2.41. The van der Waals surface area contributed by atoms with Gasteiger partial charge in [-0.05, 0) is 25.0 Å². The van der Waals surface area contributed by atoms with Crippen LogP contribution in [0.3, 0.4) is 0 Å². The Morgan fingerprint density at radius 3 is 2.55 bits per heavy atom. The second-order valence-corrected chi connectivity index (χ2v) is 4.97. The number of hydrogen-bond donors (Lipinski definition) is 2. The second-order valence-electron chi connectivity index (χ2n) is 4.97. The number of para-hydroxylation sites is 1. The monoisotopic (exact) mass is 282 g/mol. The summed E-state index contributed by atoms with van der Waals surface area (Å²) in [6, 6.07) is 3.64. The average molecular weight is 282 g/mol. The molecule has 1 aromatic carbocycles. The molecule has 6 nitrogen and oxygen atoms in total. The maximum Gasteiger partial charge on any atom is 0.329 e. The normalized spacial score (nSPS) is 17.4. The van der Waals surface area contributed by atoms with Gasteiger partial charge in [-0.25, -0.2) is 4.79 Å². The lowest BCUT2D eigenvalue weighted by Gasteiger charge is -2.34. The van der Waals surface area contributed by atoms with Crippen molar-refractivity contribution in [1.29, 1.82) is 0 Å². The van der Waals surface area contributed by atoms with Crippen LogP contribution >= 0.6 is 0 Å². The molecule has 0 spiro atoms. The number of carboxylic acid groups (broad SMARTS) is 1. The summed E-state index contributed by atoms with van der Waals surface area (Å²) in [5.74, 6) is -2.04. The Morgan fingerprint density at radius 2 is 2.00 bits per heavy atom. The molecule has 0 atom stereocenters. The Kier molecular flexibility index (Phi) is 3.87. The number of rotatable bonds is 4. The van der Waals surface area contributed by atoms with E-state index in [1.54, 1.807) is 0 Å². The molecule has 0 radical (unpaired) electrons. The van der Waals surface area contributed by atoms with Gasteiger partial charge >= 0.3 is 11.7 Å². The predicted molar refractivity (Wildman–Crippen MR) is 70.1 cm³/mol. The molecule has 0 bridgehead atoms. The molecule has 0 saturated heterocycles. The van der Waals surface area contributed by atoms with Crippen LogP contribution in [0.15, 0.2) is 18.2 Å². The van der Waals surface area contributed by atoms with Gasteiger partial charge in [0.1, 0.15) is 11.2 Å². The average Bonchev–Trinajstić information content (AvgIpc) is 2.39. The van der Waals surface area contributed by atoms with E-state index in [2.05, 4.69) is 5.32 Å². The van der Waals surface area contributed by atoms with Crippen molar-refractivity contribution in [3.63, 3.8) is 0 Å². The van der Waals surface area contributed by atoms with Crippen LogP contribution in [0.5, 0.6) is 0 Å². The van der Waals surface area contributed by atoms with Gasteiger partial charge in [0.05, 0.1) is 4.92 Å². The number of carbonyl (C=O) groups is 1. The SMILES string of the molecule is O=C(O)C1(Nc2cccc(F)c2[N+](=O)[O-])CCCCC1. The van der Waals surface area contributed by atoms with Gasteiger partial charge in [-0.15, -0.1) is 0 Å². The highest BCUT2D eigenvalue weighted by molar-refractivity contribution is 5.84. The summed E-state index contributed by atoms with van der Waals surface area (Å²) in [7, 11) is 0. The van der Waals surface area contributed by atoms with Crippen molar-refractivity contribution in [3.8, 4) is 0 Å². The zero-order chi connectivity index (χ0) is 14.8. The van der Waals surface area contributed by atoms with Crippen molar-refractivity contribution in [2.45, 2.75) is 37.6 Å². The van der Waals surface area contributed by atoms with Gasteiger partial charge in [0, 0.05) is 0 Å². The maximum atomic E-state index is 13.6. The first-order valence-electron chi connectivity index (χ1n) is 6.41. The minimum atomic E-state index is -1.25. The first-order valence-corrected chi connectivity index (χ1v) is 6.41. The number of nitrogens with one attached hydrogen (secondary N) is 1. The molecule has 1 aliphatic carbocycles. The molecule has 1 aliphatic rings. The Balaban J connectivity index is 2.39. The molecule has 2 N–H and O–H groups in total. The van der Waals surface area contributed by atoms with Crippen molar-refractivity contribution >= 4 is 17.3 Å². The molecule has 0 aromatic heterocycles. The largest absolute Gasteiger partial charge is 0.480 e. The summed E-state index contributed by atoms with van der Waals surface area (Å²) < 4.78 is 13.6. The summed E-state index contributed by atoms with van der Waals surface area (Å²) in [4.78, 5) is 21.6. The fraction of sp³-hybridized carbons (Fsp3) is 0.462. The summed E-state index contributed by atoms with van der Waals surface area (Å²) in [5, 5.41) is 23.1. The van der Waals surface area contributed by atoms with Gasteiger partial charge < -0.3 is 10.4 Å². The molecule has 1 saturated carbocycles. The number of carboxylic acids is 1. The summed E-state index contributed by atoms with van der Waals surface area (Å²) in [6.45, 7) is 0. The van der Waals surface area contributed by atoms with Crippen LogP contribution < -0.4 is 5.32 Å². The van der Waals surface area contributed by atoms with E-state index in [4.69, 9.17) is 0 Å². The fourth-order valence-corrected chi connectivity index (χ4v) is 2.61. The number of benzene rings is 1. The molecule has 20 heavy (non-hydrogen) atoms. The van der Waals surface area contributed by atoms with Crippen molar-refractivity contribution in [1.82, 2.24) is 0 Å². The van der Waals surface area contributed by atoms with E-state index < -0.39 is 27.9 Å². The van der Waals surface area contributed by atoms with Crippen LogP contribution in [0.4, 0.5) is 15.8 Å². The standard InChI is InChI=1S/C13H15FN2O4/c14-9-5-4-6-10(11(9)16(19)20)15-13(12(17)18)7-2-1-3-8-13/h4-6,15H,1-3,7-8H2,(H,17,18). The topological polar surface area (TPSA) is 92.5 Å². The van der Waals surface area contributed by atoms with E-state index in [9.17, 15) is 24.4 Å². The highest BCUT2D eigenvalue weighted by atomic mass is 19.1. The Labute approximate surface area is 114 Å². The molecule has 0 aliphatic heterocycles. The van der Waals surface area contributed by atoms with Crippen LogP contribution in [0.1, 0.15) is 32.1 Å². The molecule has 108 valence electrons. The zero-order valence-corrected chi connectivity index (χ0v) is 10.8. The predicted octanol–water partition coefficient (Wildman–Crippen LogP) is 2.93. The second kappa shape index (κ2) is 5.44. The van der Waals surface area contributed by atoms with Crippen LogP contribution in [0, 0.1) is 15.9 Å². The molecule has 2 rings (SSSR count). The number of halogens is 1. The third-order valence-electron chi connectivity index (χ3n) is 3.66. The van der Waals surface area contributed by atoms with Crippen LogP contribution in [-0.2, 0) is 4.79 Å². The van der Waals surface area contributed by atoms with Crippen LogP contribution in [-0.4, -0.2) is 21.5 Å². The summed E-state index contributed by atoms with van der Waals surface area (Å²) in [5.41, 5.74) is -2.05. The van der Waals surface area contributed by atoms with Crippen molar-refractivity contribution in [2.24, 2.45) is 0 Å². The minimum absolute atomic E-state index is 0.0840. The van der Waals surface area contributed by atoms with E-state index >= 15 is 0 Å². The fourth-order valence-electron chi connectivity index (χ4n) is 2.61. The summed E-state index contributed by atoms with van der Waals surface area (Å²) in [6.07, 6.45) is 3.12. The number of nitro groups is 1. The quantitative estimate of drug-likeness (QED) is 0.654. The van der Waals surface area contributed by atoms with Gasteiger partial charge in [-0.2, -0.15) is 4.39 Å². The van der Waals surface area contributed by atoms with Gasteiger partial charge in [-0.1, -0.05) is 25.3 Å². The summed E-state index contributed by atoms with van der Waals surface area (Å²) >= 11 is 0. The third-order valence-corrected chi connectivity index (χ3v) is 3.66. The van der Waals surface area contributed by atoms with Crippen molar-refractivity contribution < 1.29 is 19.2 Å². The lowest BCUT2D eigenvalue weighted by molar-refractivity contribution is -0.386. The number of hydrogen-bond acceptors (Lipinski definition) is 4. The molecular weight excluding hydrogens is 267 g/mol. The number of nitro benzene ring substituents is 1. The lowest BCUT2D eigenvalue weighted by atomic mass is 9.81. The van der Waals surface area contributed by atoms with Crippen molar-refractivity contribution in [2.75, 3.05) is 5.32 Å². The number of aliphatic carboxylic acids is 1. The molecule has 1 aromatic rings. The van der Waals surface area contributed by atoms with Crippen LogP contribution in [0.25, 0.3) is 0 Å². The number of anilines is 1. The van der Waals surface area contributed by atoms with Gasteiger partial charge in [0.25, 0.3) is 0 Å². The van der Waals surface area contributed by atoms with Crippen LogP contribution in [0.2, 0.25) is 0 Å². The molecule has 7 heteroatoms. The van der Waals surface area contributed by atoms with E-state index in [0.717, 1.165) is 25.3 Å². The first kappa shape index (κ1) is 14.2. The van der Waals surface area contributed by atoms with Crippen molar-refractivity contribution in [3.05, 3.63) is 34.1 Å². The van der Waals surface area contributed by atoms with E-state index in [1.807, 2.05) is 0 Å². The van der Waals surface area contributed by atoms with E-state index in [0.29, 0.717) is 12.8 Å². The third kappa shape index (κ3) is 2.56. The smallest absolute Gasteiger partial charge is 0.329 e. The Bertz CT molecular complexity index is 541. The van der Waals surface area contributed by atoms with Gasteiger partial charge in [0.15, 0.2) is 0 Å². The van der Waals surface area contributed by atoms with Gasteiger partial charge in [0.2, 0.25) is 5.82 Å². The van der Waals surface area contributed by atoms with E-state index in [1.165, 1.54) is 12.1 Å². The highest BCUT2D eigenvalue weighted by Crippen LogP contribution is 2.36.